The summed E-state index contributed by atoms with van der Waals surface area (Å²) in [4.78, 5) is 20.6. The van der Waals surface area contributed by atoms with E-state index in [2.05, 4.69) is 15.3 Å². The molecule has 2 rings (SSSR count). The topological polar surface area (TPSA) is 75.1 Å². The third-order valence-electron chi connectivity index (χ3n) is 2.69. The van der Waals surface area contributed by atoms with Crippen LogP contribution in [0.1, 0.15) is 31.6 Å². The first kappa shape index (κ1) is 13.6. The lowest BCUT2D eigenvalue weighted by molar-refractivity contribution is 0.0702. The van der Waals surface area contributed by atoms with Gasteiger partial charge in [0, 0.05) is 24.2 Å². The van der Waals surface area contributed by atoms with Crippen LogP contribution in [0.25, 0.3) is 0 Å². The molecule has 100 valence electrons. The van der Waals surface area contributed by atoms with Crippen LogP contribution in [-0.2, 0) is 13.1 Å². The number of carboxylic acid groups (broad SMARTS) is 1. The molecule has 6 heteroatoms. The average molecular weight is 277 g/mol. The highest BCUT2D eigenvalue weighted by Crippen LogP contribution is 2.21. The Hall–Kier alpha value is -1.79. The smallest absolute Gasteiger partial charge is 0.345 e. The summed E-state index contributed by atoms with van der Waals surface area (Å²) in [6.45, 7) is 5.06. The number of nitrogens with zero attached hydrogens (tertiary/aromatic N) is 2. The van der Waals surface area contributed by atoms with E-state index < -0.39 is 5.97 Å². The van der Waals surface area contributed by atoms with Gasteiger partial charge in [0.25, 0.3) is 0 Å². The molecule has 2 aromatic rings. The summed E-state index contributed by atoms with van der Waals surface area (Å²) >= 11 is 1.31. The number of aromatic nitrogens is 2. The van der Waals surface area contributed by atoms with Gasteiger partial charge in [0.1, 0.15) is 10.7 Å². The van der Waals surface area contributed by atoms with Crippen molar-refractivity contribution in [3.63, 3.8) is 0 Å². The predicted molar refractivity (Wildman–Crippen MR) is 73.3 cm³/mol. The number of carbonyl (C=O) groups is 1. The zero-order valence-corrected chi connectivity index (χ0v) is 11.6. The van der Waals surface area contributed by atoms with Gasteiger partial charge < -0.3 is 10.4 Å². The molecule has 0 bridgehead atoms. The van der Waals surface area contributed by atoms with Gasteiger partial charge in [-0.3, -0.25) is 0 Å². The highest BCUT2D eigenvalue weighted by Gasteiger charge is 2.10. The van der Waals surface area contributed by atoms with E-state index in [1.807, 2.05) is 19.9 Å². The Labute approximate surface area is 115 Å². The molecule has 2 aromatic heterocycles. The van der Waals surface area contributed by atoms with Crippen molar-refractivity contribution in [2.75, 3.05) is 0 Å². The molecule has 0 aliphatic carbocycles. The Balaban J connectivity index is 1.94. The first-order valence-electron chi connectivity index (χ1n) is 5.88. The van der Waals surface area contributed by atoms with E-state index in [9.17, 15) is 4.79 Å². The van der Waals surface area contributed by atoms with E-state index >= 15 is 0 Å². The van der Waals surface area contributed by atoms with E-state index in [0.717, 1.165) is 22.0 Å². The van der Waals surface area contributed by atoms with Crippen molar-refractivity contribution in [1.82, 2.24) is 15.3 Å². The van der Waals surface area contributed by atoms with Crippen LogP contribution in [0.5, 0.6) is 0 Å². The Morgan fingerprint density at radius 3 is 2.84 bits per heavy atom. The lowest BCUT2D eigenvalue weighted by Crippen LogP contribution is -2.14. The van der Waals surface area contributed by atoms with E-state index in [4.69, 9.17) is 5.11 Å². The van der Waals surface area contributed by atoms with Crippen molar-refractivity contribution in [2.24, 2.45) is 0 Å². The molecule has 0 amide bonds. The minimum absolute atomic E-state index is 0.382. The molecular weight excluding hydrogens is 262 g/mol. The molecule has 0 aromatic carbocycles. The number of nitrogens with one attached hydrogen (secondary N) is 1. The monoisotopic (exact) mass is 277 g/mol. The fraction of sp³-hybridized carbons (Fsp3) is 0.308. The van der Waals surface area contributed by atoms with Crippen molar-refractivity contribution < 1.29 is 9.90 Å². The van der Waals surface area contributed by atoms with Crippen molar-refractivity contribution in [1.29, 1.82) is 0 Å². The molecule has 0 atom stereocenters. The summed E-state index contributed by atoms with van der Waals surface area (Å²) in [5, 5.41) is 12.2. The Bertz CT molecular complexity index is 595. The minimum Gasteiger partial charge on any atom is -0.477 e. The lowest BCUT2D eigenvalue weighted by atomic mass is 10.2. The van der Waals surface area contributed by atoms with Gasteiger partial charge in [0.15, 0.2) is 0 Å². The fourth-order valence-corrected chi connectivity index (χ4v) is 2.61. The van der Waals surface area contributed by atoms with E-state index in [1.165, 1.54) is 11.3 Å². The molecule has 2 heterocycles. The number of aryl methyl sites for hydroxylation is 2. The Kier molecular flexibility index (Phi) is 4.24. The van der Waals surface area contributed by atoms with E-state index in [1.54, 1.807) is 12.3 Å². The summed E-state index contributed by atoms with van der Waals surface area (Å²) < 4.78 is 0. The third kappa shape index (κ3) is 3.59. The van der Waals surface area contributed by atoms with Crippen LogP contribution < -0.4 is 5.32 Å². The molecule has 19 heavy (non-hydrogen) atoms. The van der Waals surface area contributed by atoms with Gasteiger partial charge in [-0.05, 0) is 31.5 Å². The van der Waals surface area contributed by atoms with Gasteiger partial charge in [0.2, 0.25) is 0 Å². The predicted octanol–water partition coefficient (Wildman–Crippen LogP) is 2.14. The zero-order chi connectivity index (χ0) is 13.8. The van der Waals surface area contributed by atoms with Crippen LogP contribution in [0, 0.1) is 13.8 Å². The number of hydrogen-bond donors (Lipinski definition) is 2. The molecule has 0 saturated carbocycles. The summed E-state index contributed by atoms with van der Waals surface area (Å²) in [6.07, 6.45) is 1.73. The van der Waals surface area contributed by atoms with E-state index in [-0.39, 0.29) is 0 Å². The van der Waals surface area contributed by atoms with E-state index in [0.29, 0.717) is 18.0 Å². The Morgan fingerprint density at radius 1 is 1.42 bits per heavy atom. The van der Waals surface area contributed by atoms with Crippen molar-refractivity contribution >= 4 is 17.3 Å². The van der Waals surface area contributed by atoms with Gasteiger partial charge in [-0.2, -0.15) is 0 Å². The second-order valence-electron chi connectivity index (χ2n) is 4.20. The molecule has 5 nitrogen and oxygen atoms in total. The largest absolute Gasteiger partial charge is 0.477 e. The molecular formula is C13H15N3O2S. The highest BCUT2D eigenvalue weighted by atomic mass is 32.1. The number of rotatable bonds is 5. The molecule has 0 aliphatic rings. The molecule has 0 radical (unpaired) electrons. The summed E-state index contributed by atoms with van der Waals surface area (Å²) in [7, 11) is 0. The van der Waals surface area contributed by atoms with Crippen molar-refractivity contribution in [3.05, 3.63) is 45.2 Å². The molecule has 0 aliphatic heterocycles. The summed E-state index contributed by atoms with van der Waals surface area (Å²) in [5.41, 5.74) is 1.95. The van der Waals surface area contributed by atoms with Crippen molar-refractivity contribution in [3.8, 4) is 0 Å². The molecule has 0 spiro atoms. The number of hydrogen-bond acceptors (Lipinski definition) is 5. The third-order valence-corrected chi connectivity index (χ3v) is 3.77. The first-order chi connectivity index (χ1) is 9.06. The van der Waals surface area contributed by atoms with Gasteiger partial charge in [-0.1, -0.05) is 0 Å². The van der Waals surface area contributed by atoms with Gasteiger partial charge in [-0.15, -0.1) is 11.3 Å². The second-order valence-corrected chi connectivity index (χ2v) is 5.45. The summed E-state index contributed by atoms with van der Waals surface area (Å²) in [6, 6.07) is 3.59. The quantitative estimate of drug-likeness (QED) is 0.875. The number of aromatic carboxylic acids is 1. The molecule has 0 unspecified atom stereocenters. The van der Waals surface area contributed by atoms with Gasteiger partial charge >= 0.3 is 5.97 Å². The number of carboxylic acids is 1. The SMILES string of the molecule is Cc1nccc(CNCc2cc(C(=O)O)sc2C)n1. The maximum atomic E-state index is 10.9. The first-order valence-corrected chi connectivity index (χ1v) is 6.70. The maximum Gasteiger partial charge on any atom is 0.345 e. The minimum atomic E-state index is -0.870. The maximum absolute atomic E-state index is 10.9. The highest BCUT2D eigenvalue weighted by molar-refractivity contribution is 7.14. The molecule has 2 N–H and O–H groups in total. The number of thiophene rings is 1. The molecule has 0 saturated heterocycles. The van der Waals surface area contributed by atoms with Gasteiger partial charge in [0.05, 0.1) is 5.69 Å². The Morgan fingerprint density at radius 2 is 2.21 bits per heavy atom. The second kappa shape index (κ2) is 5.90. The van der Waals surface area contributed by atoms with Crippen LogP contribution in [0.2, 0.25) is 0 Å². The standard InChI is InChI=1S/C13H15N3O2S/c1-8-10(5-12(19-8)13(17)18)6-14-7-11-3-4-15-9(2)16-11/h3-5,14H,6-7H2,1-2H3,(H,17,18). The van der Waals surface area contributed by atoms with Crippen LogP contribution in [0.4, 0.5) is 0 Å². The normalized spacial score (nSPS) is 10.6. The van der Waals surface area contributed by atoms with Gasteiger partial charge in [-0.25, -0.2) is 14.8 Å². The molecule has 0 fully saturated rings. The van der Waals surface area contributed by atoms with Crippen molar-refractivity contribution in [2.45, 2.75) is 26.9 Å². The zero-order valence-electron chi connectivity index (χ0n) is 10.8. The van der Waals surface area contributed by atoms with Crippen LogP contribution >= 0.6 is 11.3 Å². The fourth-order valence-electron chi connectivity index (χ4n) is 1.73. The van der Waals surface area contributed by atoms with Crippen LogP contribution in [0.15, 0.2) is 18.3 Å². The summed E-state index contributed by atoms with van der Waals surface area (Å²) in [5.74, 6) is -0.120. The van der Waals surface area contributed by atoms with Crippen LogP contribution in [0.3, 0.4) is 0 Å². The lowest BCUT2D eigenvalue weighted by Gasteiger charge is -2.04. The van der Waals surface area contributed by atoms with Crippen LogP contribution in [-0.4, -0.2) is 21.0 Å². The average Bonchev–Trinajstić information content (AvgIpc) is 2.71.